The molecule has 0 aromatic rings. The first-order chi connectivity index (χ1) is 12.4. The average Bonchev–Trinajstić information content (AvgIpc) is 2.47. The van der Waals surface area contributed by atoms with Crippen molar-refractivity contribution in [2.75, 3.05) is 0 Å². The standard InChI is InChI=1S/C22H43NO3Si2/c1-14-16-19(26-28(12,13)22(7,8)9)20(23-17(3)24)18(15-2)25-27(10,11)21(4,5)6/h1,15,18-20H,2,16H2,3-13H3,(H,23,24)/t18-,19-,20-/m1/s1. The first kappa shape index (κ1) is 27.1. The Balaban J connectivity index is 6.01. The Morgan fingerprint density at radius 1 is 1.07 bits per heavy atom. The predicted octanol–water partition coefficient (Wildman–Crippen LogP) is 5.48. The van der Waals surface area contributed by atoms with E-state index in [0.717, 1.165) is 0 Å². The third-order valence-electron chi connectivity index (χ3n) is 6.16. The molecule has 0 aromatic heterocycles. The molecule has 0 saturated carbocycles. The summed E-state index contributed by atoms with van der Waals surface area (Å²) in [6.07, 6.45) is 7.16. The smallest absolute Gasteiger partial charge is 0.217 e. The van der Waals surface area contributed by atoms with E-state index in [1.54, 1.807) is 6.08 Å². The van der Waals surface area contributed by atoms with Gasteiger partial charge in [-0.25, -0.2) is 0 Å². The van der Waals surface area contributed by atoms with Crippen molar-refractivity contribution < 1.29 is 13.6 Å². The molecule has 0 aromatic carbocycles. The highest BCUT2D eigenvalue weighted by atomic mass is 28.4. The van der Waals surface area contributed by atoms with Crippen molar-refractivity contribution in [2.45, 2.75) is 109 Å². The molecule has 0 aliphatic heterocycles. The van der Waals surface area contributed by atoms with Crippen molar-refractivity contribution in [1.29, 1.82) is 0 Å². The Bertz CT molecular complexity index is 580. The zero-order valence-electron chi connectivity index (χ0n) is 20.0. The van der Waals surface area contributed by atoms with Gasteiger partial charge in [-0.15, -0.1) is 18.9 Å². The van der Waals surface area contributed by atoms with Crippen LogP contribution in [0, 0.1) is 12.3 Å². The summed E-state index contributed by atoms with van der Waals surface area (Å²) in [5, 5.41) is 3.12. The van der Waals surface area contributed by atoms with Crippen molar-refractivity contribution in [3.63, 3.8) is 0 Å². The zero-order chi connectivity index (χ0) is 22.6. The van der Waals surface area contributed by atoms with Gasteiger partial charge >= 0.3 is 0 Å². The van der Waals surface area contributed by atoms with Crippen molar-refractivity contribution in [1.82, 2.24) is 5.32 Å². The first-order valence-corrected chi connectivity index (χ1v) is 15.9. The van der Waals surface area contributed by atoms with Crippen molar-refractivity contribution in [2.24, 2.45) is 0 Å². The number of hydrogen-bond acceptors (Lipinski definition) is 3. The minimum atomic E-state index is -2.10. The van der Waals surface area contributed by atoms with Crippen LogP contribution in [0.3, 0.4) is 0 Å². The van der Waals surface area contributed by atoms with Crippen LogP contribution in [0.2, 0.25) is 36.3 Å². The molecule has 0 spiro atoms. The first-order valence-electron chi connectivity index (χ1n) is 10.1. The number of amides is 1. The van der Waals surface area contributed by atoms with Crippen LogP contribution >= 0.6 is 0 Å². The Labute approximate surface area is 176 Å². The SMILES string of the molecule is C#CC[C@@H](O[Si](C)(C)C(C)(C)C)[C@H](NC(C)=O)[C@@H](C=C)O[Si](C)(C)C(C)(C)C. The second-order valence-electron chi connectivity index (χ2n) is 10.6. The molecule has 3 atom stereocenters. The summed E-state index contributed by atoms with van der Waals surface area (Å²) in [5.74, 6) is 2.61. The van der Waals surface area contributed by atoms with Crippen LogP contribution in [-0.4, -0.2) is 40.8 Å². The lowest BCUT2D eigenvalue weighted by atomic mass is 10.0. The molecule has 1 N–H and O–H groups in total. The van der Waals surface area contributed by atoms with E-state index in [1.807, 2.05) is 0 Å². The molecule has 0 aliphatic rings. The largest absolute Gasteiger partial charge is 0.411 e. The fourth-order valence-corrected chi connectivity index (χ4v) is 4.94. The number of hydrogen-bond donors (Lipinski definition) is 1. The maximum atomic E-state index is 12.0. The molecule has 162 valence electrons. The number of terminal acetylenes is 1. The Kier molecular flexibility index (Phi) is 9.45. The number of carbonyl (C=O) groups is 1. The van der Waals surface area contributed by atoms with Gasteiger partial charge in [0.15, 0.2) is 16.6 Å². The molecule has 0 unspecified atom stereocenters. The minimum absolute atomic E-state index is 0.0323. The Hall–Kier alpha value is -0.876. The molecule has 0 bridgehead atoms. The lowest BCUT2D eigenvalue weighted by molar-refractivity contribution is -0.121. The van der Waals surface area contributed by atoms with Gasteiger partial charge in [-0.2, -0.15) is 0 Å². The minimum Gasteiger partial charge on any atom is -0.411 e. The van der Waals surface area contributed by atoms with Gasteiger partial charge in [0, 0.05) is 13.3 Å². The third kappa shape index (κ3) is 7.51. The van der Waals surface area contributed by atoms with Crippen molar-refractivity contribution in [3.05, 3.63) is 12.7 Å². The van der Waals surface area contributed by atoms with Crippen LogP contribution in [0.1, 0.15) is 54.9 Å². The van der Waals surface area contributed by atoms with Crippen LogP contribution < -0.4 is 5.32 Å². The number of rotatable bonds is 9. The highest BCUT2D eigenvalue weighted by Gasteiger charge is 2.45. The summed E-state index contributed by atoms with van der Waals surface area (Å²) < 4.78 is 13.3. The molecule has 1 amide bonds. The van der Waals surface area contributed by atoms with Gasteiger partial charge in [-0.05, 0) is 36.3 Å². The van der Waals surface area contributed by atoms with Crippen molar-refractivity contribution >= 4 is 22.5 Å². The fraction of sp³-hybridized carbons (Fsp3) is 0.773. The van der Waals surface area contributed by atoms with Gasteiger partial charge in [0.05, 0.1) is 18.2 Å². The van der Waals surface area contributed by atoms with E-state index in [0.29, 0.717) is 6.42 Å². The molecule has 28 heavy (non-hydrogen) atoms. The summed E-state index contributed by atoms with van der Waals surface area (Å²) >= 11 is 0. The molecule has 0 heterocycles. The summed E-state index contributed by atoms with van der Waals surface area (Å²) in [6, 6.07) is -0.380. The molecule has 4 nitrogen and oxygen atoms in total. The topological polar surface area (TPSA) is 47.6 Å². The molecule has 0 fully saturated rings. The maximum Gasteiger partial charge on any atom is 0.217 e. The van der Waals surface area contributed by atoms with Gasteiger partial charge in [-0.1, -0.05) is 47.6 Å². The van der Waals surface area contributed by atoms with Crippen molar-refractivity contribution in [3.8, 4) is 12.3 Å². The lowest BCUT2D eigenvalue weighted by Gasteiger charge is -2.45. The van der Waals surface area contributed by atoms with E-state index >= 15 is 0 Å². The molecule has 6 heteroatoms. The summed E-state index contributed by atoms with van der Waals surface area (Å²) in [7, 11) is -4.18. The third-order valence-corrected chi connectivity index (χ3v) is 15.1. The average molecular weight is 426 g/mol. The fourth-order valence-electron chi connectivity index (χ4n) is 2.32. The Morgan fingerprint density at radius 3 is 1.82 bits per heavy atom. The van der Waals surface area contributed by atoms with Gasteiger partial charge in [0.25, 0.3) is 0 Å². The van der Waals surface area contributed by atoms with E-state index in [1.165, 1.54) is 6.92 Å². The van der Waals surface area contributed by atoms with Gasteiger partial charge < -0.3 is 14.2 Å². The second-order valence-corrected chi connectivity index (χ2v) is 20.1. The quantitative estimate of drug-likeness (QED) is 0.302. The molecule has 0 saturated heterocycles. The van der Waals surface area contributed by atoms with E-state index < -0.39 is 16.6 Å². The summed E-state index contributed by atoms with van der Waals surface area (Å²) in [5.41, 5.74) is 0. The summed E-state index contributed by atoms with van der Waals surface area (Å²) in [4.78, 5) is 12.0. The van der Waals surface area contributed by atoms with E-state index in [2.05, 4.69) is 85.5 Å². The second kappa shape index (κ2) is 9.75. The molecule has 0 radical (unpaired) electrons. The van der Waals surface area contributed by atoms with Crippen LogP contribution in [0.15, 0.2) is 12.7 Å². The zero-order valence-corrected chi connectivity index (χ0v) is 22.0. The number of carbonyl (C=O) groups excluding carboxylic acids is 1. The predicted molar refractivity (Wildman–Crippen MR) is 125 cm³/mol. The maximum absolute atomic E-state index is 12.0. The summed E-state index contributed by atoms with van der Waals surface area (Å²) in [6.45, 7) is 27.4. The molecule has 0 rings (SSSR count). The molecular weight excluding hydrogens is 382 g/mol. The van der Waals surface area contributed by atoms with Crippen LogP contribution in [-0.2, 0) is 13.6 Å². The van der Waals surface area contributed by atoms with Gasteiger partial charge in [-0.3, -0.25) is 4.79 Å². The lowest BCUT2D eigenvalue weighted by Crippen LogP contribution is -2.58. The van der Waals surface area contributed by atoms with Crippen LogP contribution in [0.4, 0.5) is 0 Å². The van der Waals surface area contributed by atoms with E-state index in [9.17, 15) is 4.79 Å². The van der Waals surface area contributed by atoms with E-state index in [4.69, 9.17) is 15.3 Å². The van der Waals surface area contributed by atoms with Crippen LogP contribution in [0.5, 0.6) is 0 Å². The monoisotopic (exact) mass is 425 g/mol. The highest BCUT2D eigenvalue weighted by Crippen LogP contribution is 2.40. The van der Waals surface area contributed by atoms with Gasteiger partial charge in [0.1, 0.15) is 0 Å². The molecule has 0 aliphatic carbocycles. The number of nitrogens with one attached hydrogen (secondary N) is 1. The molecular formula is C22H43NO3Si2. The van der Waals surface area contributed by atoms with Gasteiger partial charge in [0.2, 0.25) is 5.91 Å². The normalized spacial score (nSPS) is 16.6. The van der Waals surface area contributed by atoms with Crippen LogP contribution in [0.25, 0.3) is 0 Å². The Morgan fingerprint density at radius 2 is 1.50 bits per heavy atom. The highest BCUT2D eigenvalue weighted by molar-refractivity contribution is 6.74. The van der Waals surface area contributed by atoms with E-state index in [-0.39, 0.29) is 34.2 Å².